The summed E-state index contributed by atoms with van der Waals surface area (Å²) in [7, 11) is 0. The lowest BCUT2D eigenvalue weighted by molar-refractivity contribution is -0.134. The van der Waals surface area contributed by atoms with Crippen molar-refractivity contribution in [1.82, 2.24) is 20.3 Å². The topological polar surface area (TPSA) is 105 Å². The van der Waals surface area contributed by atoms with Crippen LogP contribution in [0.4, 0.5) is 5.69 Å². The normalized spacial score (nSPS) is 18.5. The molecule has 4 heterocycles. The maximum absolute atomic E-state index is 13.2. The second-order valence-electron chi connectivity index (χ2n) is 7.33. The van der Waals surface area contributed by atoms with E-state index in [1.807, 2.05) is 19.9 Å². The predicted molar refractivity (Wildman–Crippen MR) is 105 cm³/mol. The number of rotatable bonds is 2. The van der Waals surface area contributed by atoms with Crippen molar-refractivity contribution in [3.05, 3.63) is 47.4 Å². The molecule has 1 unspecified atom stereocenters. The van der Waals surface area contributed by atoms with Crippen molar-refractivity contribution in [1.29, 1.82) is 0 Å². The van der Waals surface area contributed by atoms with E-state index in [0.29, 0.717) is 34.4 Å². The summed E-state index contributed by atoms with van der Waals surface area (Å²) >= 11 is 0. The van der Waals surface area contributed by atoms with Crippen molar-refractivity contribution in [2.24, 2.45) is 0 Å². The van der Waals surface area contributed by atoms with E-state index < -0.39 is 11.9 Å². The van der Waals surface area contributed by atoms with E-state index >= 15 is 0 Å². The Hall–Kier alpha value is -3.68. The molecule has 0 radical (unpaired) electrons. The standard InChI is InChI=1S/C21H17N5O3/c1-10-9-11(2)24-19(23-10)13-4-3-12-17-14(7-8-22-18(13)17)26(21(12)29)15-5-6-16(27)25-20(15)28/h3-4,7-9,15H,5-6H2,1-2H3,(H,25,27,28). The molecule has 29 heavy (non-hydrogen) atoms. The number of benzene rings is 1. The van der Waals surface area contributed by atoms with Gasteiger partial charge in [-0.2, -0.15) is 0 Å². The van der Waals surface area contributed by atoms with Crippen molar-refractivity contribution in [3.63, 3.8) is 0 Å². The number of anilines is 1. The fourth-order valence-corrected chi connectivity index (χ4v) is 4.13. The van der Waals surface area contributed by atoms with Crippen molar-refractivity contribution >= 4 is 34.3 Å². The average Bonchev–Trinajstić information content (AvgIpc) is 2.95. The minimum absolute atomic E-state index is 0.201. The smallest absolute Gasteiger partial charge is 0.259 e. The lowest BCUT2D eigenvalue weighted by atomic mass is 10.0. The Morgan fingerprint density at radius 3 is 2.48 bits per heavy atom. The molecule has 0 saturated carbocycles. The number of nitrogens with one attached hydrogen (secondary N) is 1. The third-order valence-corrected chi connectivity index (χ3v) is 5.32. The molecule has 2 aliphatic heterocycles. The summed E-state index contributed by atoms with van der Waals surface area (Å²) in [5.74, 6) is -0.485. The first-order valence-corrected chi connectivity index (χ1v) is 9.35. The van der Waals surface area contributed by atoms with Crippen LogP contribution in [0, 0.1) is 13.8 Å². The van der Waals surface area contributed by atoms with E-state index in [9.17, 15) is 14.4 Å². The lowest BCUT2D eigenvalue weighted by Crippen LogP contribution is -2.53. The van der Waals surface area contributed by atoms with Gasteiger partial charge < -0.3 is 0 Å². The Bertz CT molecular complexity index is 1220. The van der Waals surface area contributed by atoms with Crippen LogP contribution in [0.25, 0.3) is 22.3 Å². The van der Waals surface area contributed by atoms with Gasteiger partial charge in [0.1, 0.15) is 6.04 Å². The molecule has 144 valence electrons. The van der Waals surface area contributed by atoms with Crippen LogP contribution >= 0.6 is 0 Å². The van der Waals surface area contributed by atoms with Gasteiger partial charge in [0.15, 0.2) is 5.82 Å². The molecule has 0 spiro atoms. The molecule has 2 aliphatic rings. The summed E-state index contributed by atoms with van der Waals surface area (Å²) in [6.45, 7) is 3.81. The zero-order valence-electron chi connectivity index (χ0n) is 15.9. The maximum Gasteiger partial charge on any atom is 0.259 e. The van der Waals surface area contributed by atoms with Gasteiger partial charge >= 0.3 is 0 Å². The van der Waals surface area contributed by atoms with Crippen LogP contribution in [-0.4, -0.2) is 38.7 Å². The minimum atomic E-state index is -0.723. The average molecular weight is 387 g/mol. The molecule has 8 nitrogen and oxygen atoms in total. The summed E-state index contributed by atoms with van der Waals surface area (Å²) in [5.41, 5.74) is 4.15. The number of pyridine rings is 1. The van der Waals surface area contributed by atoms with Gasteiger partial charge in [-0.1, -0.05) is 0 Å². The third-order valence-electron chi connectivity index (χ3n) is 5.32. The highest BCUT2D eigenvalue weighted by atomic mass is 16.2. The molecular weight excluding hydrogens is 370 g/mol. The van der Waals surface area contributed by atoms with Crippen molar-refractivity contribution in [2.75, 3.05) is 4.90 Å². The first kappa shape index (κ1) is 17.4. The summed E-state index contributed by atoms with van der Waals surface area (Å²) in [6.07, 6.45) is 2.11. The summed E-state index contributed by atoms with van der Waals surface area (Å²) in [4.78, 5) is 52.1. The number of imide groups is 1. The van der Waals surface area contributed by atoms with Gasteiger partial charge in [0.05, 0.1) is 16.8 Å². The highest BCUT2D eigenvalue weighted by molar-refractivity contribution is 6.27. The van der Waals surface area contributed by atoms with E-state index in [1.54, 1.807) is 24.4 Å². The van der Waals surface area contributed by atoms with Gasteiger partial charge in [-0.05, 0) is 44.5 Å². The van der Waals surface area contributed by atoms with Gasteiger partial charge in [0, 0.05) is 35.0 Å². The monoisotopic (exact) mass is 387 g/mol. The van der Waals surface area contributed by atoms with Gasteiger partial charge in [-0.25, -0.2) is 9.97 Å². The highest BCUT2D eigenvalue weighted by Crippen LogP contribution is 2.41. The lowest BCUT2D eigenvalue weighted by Gasteiger charge is -2.30. The van der Waals surface area contributed by atoms with Crippen LogP contribution in [0.5, 0.6) is 0 Å². The Kier molecular flexibility index (Phi) is 3.70. The summed E-state index contributed by atoms with van der Waals surface area (Å²) in [6, 6.07) is 6.43. The first-order chi connectivity index (χ1) is 13.9. The zero-order valence-corrected chi connectivity index (χ0v) is 15.9. The number of aromatic nitrogens is 3. The maximum atomic E-state index is 13.2. The van der Waals surface area contributed by atoms with E-state index in [0.717, 1.165) is 17.0 Å². The van der Waals surface area contributed by atoms with Crippen molar-refractivity contribution < 1.29 is 14.4 Å². The Morgan fingerprint density at radius 1 is 1.03 bits per heavy atom. The van der Waals surface area contributed by atoms with Crippen LogP contribution < -0.4 is 10.2 Å². The summed E-state index contributed by atoms with van der Waals surface area (Å²) in [5, 5.41) is 3.01. The number of amides is 3. The fraction of sp³-hybridized carbons (Fsp3) is 0.238. The zero-order chi connectivity index (χ0) is 20.3. The molecule has 1 fully saturated rings. The number of carbonyl (C=O) groups excluding carboxylic acids is 3. The molecule has 1 aromatic carbocycles. The van der Waals surface area contributed by atoms with E-state index in [4.69, 9.17) is 0 Å². The molecular formula is C21H17N5O3. The predicted octanol–water partition coefficient (Wildman–Crippen LogP) is 2.07. The molecule has 0 bridgehead atoms. The molecule has 3 amide bonds. The molecule has 1 atom stereocenters. The van der Waals surface area contributed by atoms with Crippen LogP contribution in [0.1, 0.15) is 34.6 Å². The molecule has 3 aromatic rings. The quantitative estimate of drug-likeness (QED) is 0.675. The third kappa shape index (κ3) is 2.60. The Labute approximate surface area is 166 Å². The van der Waals surface area contributed by atoms with Crippen molar-refractivity contribution in [2.45, 2.75) is 32.7 Å². The molecule has 1 saturated heterocycles. The van der Waals surface area contributed by atoms with Crippen molar-refractivity contribution in [3.8, 4) is 11.4 Å². The van der Waals surface area contributed by atoms with Gasteiger partial charge in [0.25, 0.3) is 5.91 Å². The van der Waals surface area contributed by atoms with E-state index in [-0.39, 0.29) is 18.2 Å². The molecule has 2 aromatic heterocycles. The van der Waals surface area contributed by atoms with E-state index in [2.05, 4.69) is 20.3 Å². The first-order valence-electron chi connectivity index (χ1n) is 9.35. The summed E-state index contributed by atoms with van der Waals surface area (Å²) < 4.78 is 0. The second-order valence-corrected chi connectivity index (χ2v) is 7.33. The number of carbonyl (C=O) groups is 3. The molecule has 5 rings (SSSR count). The molecule has 1 N–H and O–H groups in total. The molecule has 0 aliphatic carbocycles. The number of piperidine rings is 1. The molecule has 8 heteroatoms. The van der Waals surface area contributed by atoms with Gasteiger partial charge in [-0.15, -0.1) is 0 Å². The van der Waals surface area contributed by atoms with Crippen LogP contribution in [-0.2, 0) is 9.59 Å². The minimum Gasteiger partial charge on any atom is -0.295 e. The largest absolute Gasteiger partial charge is 0.295 e. The SMILES string of the molecule is Cc1cc(C)nc(-c2ccc3c4c(ccnc24)N(C2CCC(=O)NC2=O)C3=O)n1. The number of hydrogen-bond acceptors (Lipinski definition) is 6. The van der Waals surface area contributed by atoms with Crippen LogP contribution in [0.2, 0.25) is 0 Å². The number of hydrogen-bond donors (Lipinski definition) is 1. The fourth-order valence-electron chi connectivity index (χ4n) is 4.13. The number of aryl methyl sites for hydroxylation is 2. The second kappa shape index (κ2) is 6.16. The Balaban J connectivity index is 1.69. The van der Waals surface area contributed by atoms with E-state index in [1.165, 1.54) is 4.90 Å². The van der Waals surface area contributed by atoms with Gasteiger partial charge in [0.2, 0.25) is 11.8 Å². The van der Waals surface area contributed by atoms with Crippen LogP contribution in [0.15, 0.2) is 30.5 Å². The highest BCUT2D eigenvalue weighted by Gasteiger charge is 2.41. The Morgan fingerprint density at radius 2 is 1.76 bits per heavy atom. The van der Waals surface area contributed by atoms with Gasteiger partial charge in [-0.3, -0.25) is 29.6 Å². The number of nitrogens with zero attached hydrogens (tertiary/aromatic N) is 4. The van der Waals surface area contributed by atoms with Crippen LogP contribution in [0.3, 0.4) is 0 Å².